The number of carbonyl (C=O) groups excluding carboxylic acids is 1. The minimum Gasteiger partial charge on any atom is -0.479 e. The van der Waals surface area contributed by atoms with Gasteiger partial charge in [-0.1, -0.05) is 5.16 Å². The summed E-state index contributed by atoms with van der Waals surface area (Å²) in [6, 6.07) is 0. The van der Waals surface area contributed by atoms with Crippen LogP contribution >= 0.6 is 11.3 Å². The van der Waals surface area contributed by atoms with Crippen molar-refractivity contribution in [2.75, 3.05) is 12.3 Å². The summed E-state index contributed by atoms with van der Waals surface area (Å²) in [5, 5.41) is 13.1. The van der Waals surface area contributed by atoms with Crippen molar-refractivity contribution in [3.63, 3.8) is 0 Å². The molecule has 0 aliphatic carbocycles. The van der Waals surface area contributed by atoms with E-state index in [4.69, 9.17) is 16.6 Å². The molecule has 1 aromatic rings. The molecule has 0 spiro atoms. The van der Waals surface area contributed by atoms with Crippen molar-refractivity contribution in [3.8, 4) is 0 Å². The first-order valence-corrected chi connectivity index (χ1v) is 4.77. The molecule has 0 aromatic carbocycles. The molecule has 0 bridgehead atoms. The lowest BCUT2D eigenvalue weighted by Crippen LogP contribution is -2.17. The molecule has 16 heavy (non-hydrogen) atoms. The number of rotatable bonds is 5. The smallest absolute Gasteiger partial charge is 0.344 e. The summed E-state index contributed by atoms with van der Waals surface area (Å²) in [4.78, 5) is 29.1. The zero-order valence-electron chi connectivity index (χ0n) is 7.84. The van der Waals surface area contributed by atoms with E-state index in [1.54, 1.807) is 0 Å². The molecule has 9 heteroatoms. The molecule has 0 aliphatic rings. The SMILES string of the molecule is [NH]C(=O)C(=NOCC(=O)O)c1nc(N)cs1. The number of amides is 1. The fourth-order valence-electron chi connectivity index (χ4n) is 0.725. The molecule has 1 amide bonds. The number of nitrogens with one attached hydrogen (secondary N) is 1. The van der Waals surface area contributed by atoms with E-state index >= 15 is 0 Å². The number of anilines is 1. The average molecular weight is 243 g/mol. The molecule has 0 unspecified atom stereocenters. The molecule has 1 heterocycles. The molecular weight excluding hydrogens is 236 g/mol. The maximum absolute atomic E-state index is 10.9. The largest absolute Gasteiger partial charge is 0.479 e. The molecule has 1 aromatic heterocycles. The maximum Gasteiger partial charge on any atom is 0.344 e. The van der Waals surface area contributed by atoms with E-state index in [0.717, 1.165) is 11.3 Å². The first-order valence-electron chi connectivity index (χ1n) is 3.89. The van der Waals surface area contributed by atoms with E-state index in [2.05, 4.69) is 15.0 Å². The quantitative estimate of drug-likeness (QED) is 0.519. The number of oxime groups is 1. The Morgan fingerprint density at radius 3 is 2.81 bits per heavy atom. The number of nitrogens with two attached hydrogens (primary N) is 1. The third-order valence-electron chi connectivity index (χ3n) is 1.28. The number of carbonyl (C=O) groups is 2. The van der Waals surface area contributed by atoms with Crippen LogP contribution in [0.3, 0.4) is 0 Å². The summed E-state index contributed by atoms with van der Waals surface area (Å²) in [5.74, 6) is -2.17. The number of thiazole rings is 1. The van der Waals surface area contributed by atoms with Crippen LogP contribution in [0.2, 0.25) is 0 Å². The average Bonchev–Trinajstić information content (AvgIpc) is 2.58. The molecule has 8 nitrogen and oxygen atoms in total. The van der Waals surface area contributed by atoms with Gasteiger partial charge in [-0.15, -0.1) is 11.3 Å². The number of carboxylic acids is 1. The summed E-state index contributed by atoms with van der Waals surface area (Å²) in [6.07, 6.45) is 0. The van der Waals surface area contributed by atoms with E-state index in [1.807, 2.05) is 0 Å². The number of nitrogens with zero attached hydrogens (tertiary/aromatic N) is 2. The van der Waals surface area contributed by atoms with Crippen molar-refractivity contribution in [1.29, 1.82) is 0 Å². The second-order valence-corrected chi connectivity index (χ2v) is 3.37. The molecular formula is C7H7N4O4S. The molecule has 1 radical (unpaired) electrons. The van der Waals surface area contributed by atoms with Gasteiger partial charge >= 0.3 is 5.97 Å². The van der Waals surface area contributed by atoms with Crippen LogP contribution in [-0.2, 0) is 14.4 Å². The Labute approximate surface area is 93.5 Å². The first-order chi connectivity index (χ1) is 7.50. The lowest BCUT2D eigenvalue weighted by molar-refractivity contribution is -0.142. The summed E-state index contributed by atoms with van der Waals surface area (Å²) in [5.41, 5.74) is 11.9. The van der Waals surface area contributed by atoms with Gasteiger partial charge in [0.25, 0.3) is 5.91 Å². The van der Waals surface area contributed by atoms with Crippen molar-refractivity contribution >= 4 is 34.7 Å². The summed E-state index contributed by atoms with van der Waals surface area (Å²) < 4.78 is 0. The Hall–Kier alpha value is -2.16. The highest BCUT2D eigenvalue weighted by Gasteiger charge is 2.16. The Balaban J connectivity index is 2.83. The number of aliphatic carboxylic acids is 1. The monoisotopic (exact) mass is 243 g/mol. The van der Waals surface area contributed by atoms with Gasteiger partial charge in [-0.25, -0.2) is 9.78 Å². The molecule has 1 rings (SSSR count). The molecule has 85 valence electrons. The van der Waals surface area contributed by atoms with Gasteiger partial charge in [-0.3, -0.25) is 10.5 Å². The minimum atomic E-state index is -1.24. The lowest BCUT2D eigenvalue weighted by Gasteiger charge is -1.97. The maximum atomic E-state index is 10.9. The van der Waals surface area contributed by atoms with Crippen LogP contribution < -0.4 is 11.5 Å². The third-order valence-corrected chi connectivity index (χ3v) is 2.15. The minimum absolute atomic E-state index is 0.114. The van der Waals surface area contributed by atoms with Crippen molar-refractivity contribution < 1.29 is 19.5 Å². The van der Waals surface area contributed by atoms with Gasteiger partial charge in [-0.05, 0) is 0 Å². The van der Waals surface area contributed by atoms with Gasteiger partial charge in [0.2, 0.25) is 12.3 Å². The Kier molecular flexibility index (Phi) is 3.78. The summed E-state index contributed by atoms with van der Waals surface area (Å²) in [6.45, 7) is -0.697. The molecule has 0 atom stereocenters. The van der Waals surface area contributed by atoms with Crippen LogP contribution in [0.4, 0.5) is 5.82 Å². The summed E-state index contributed by atoms with van der Waals surface area (Å²) in [7, 11) is 0. The van der Waals surface area contributed by atoms with E-state index in [9.17, 15) is 9.59 Å². The topological polar surface area (TPSA) is 139 Å². The molecule has 0 saturated carbocycles. The number of aromatic nitrogens is 1. The van der Waals surface area contributed by atoms with E-state index < -0.39 is 18.5 Å². The third kappa shape index (κ3) is 3.20. The van der Waals surface area contributed by atoms with Crippen LogP contribution in [0.5, 0.6) is 0 Å². The van der Waals surface area contributed by atoms with Crippen molar-refractivity contribution in [2.24, 2.45) is 5.16 Å². The van der Waals surface area contributed by atoms with Crippen molar-refractivity contribution in [2.45, 2.75) is 0 Å². The van der Waals surface area contributed by atoms with Crippen LogP contribution in [0.15, 0.2) is 10.5 Å². The van der Waals surface area contributed by atoms with Gasteiger partial charge < -0.3 is 15.7 Å². The predicted molar refractivity (Wildman–Crippen MR) is 54.8 cm³/mol. The number of hydrogen-bond donors (Lipinski definition) is 2. The van der Waals surface area contributed by atoms with Crippen molar-refractivity contribution in [3.05, 3.63) is 10.4 Å². The van der Waals surface area contributed by atoms with Crippen LogP contribution in [-0.4, -0.2) is 34.3 Å². The Morgan fingerprint density at radius 1 is 1.69 bits per heavy atom. The fraction of sp³-hybridized carbons (Fsp3) is 0.143. The Morgan fingerprint density at radius 2 is 2.38 bits per heavy atom. The Bertz CT molecular complexity index is 441. The van der Waals surface area contributed by atoms with E-state index in [1.165, 1.54) is 5.38 Å². The second-order valence-electron chi connectivity index (χ2n) is 2.51. The number of hydrogen-bond acceptors (Lipinski definition) is 7. The molecule has 0 fully saturated rings. The van der Waals surface area contributed by atoms with Gasteiger partial charge in [0.1, 0.15) is 5.82 Å². The highest BCUT2D eigenvalue weighted by atomic mass is 32.1. The van der Waals surface area contributed by atoms with E-state index in [0.29, 0.717) is 0 Å². The molecule has 0 aliphatic heterocycles. The zero-order chi connectivity index (χ0) is 12.1. The van der Waals surface area contributed by atoms with Gasteiger partial charge in [0.05, 0.1) is 0 Å². The van der Waals surface area contributed by atoms with Gasteiger partial charge in [0.15, 0.2) is 5.01 Å². The van der Waals surface area contributed by atoms with Gasteiger partial charge in [-0.2, -0.15) is 0 Å². The molecule has 4 N–H and O–H groups in total. The predicted octanol–water partition coefficient (Wildman–Crippen LogP) is -0.660. The van der Waals surface area contributed by atoms with Crippen LogP contribution in [0, 0.1) is 0 Å². The number of nitrogen functional groups attached to an aromatic ring is 1. The van der Waals surface area contributed by atoms with Crippen LogP contribution in [0.1, 0.15) is 5.01 Å². The highest BCUT2D eigenvalue weighted by Crippen LogP contribution is 2.12. The van der Waals surface area contributed by atoms with Crippen LogP contribution in [0.25, 0.3) is 0 Å². The molecule has 0 saturated heterocycles. The number of carboxylic acid groups (broad SMARTS) is 1. The standard InChI is InChI=1S/C7H7N4O4S/c8-3-2-16-7(10-3)5(6(9)14)11-15-1-4(12)13/h2,9H,1,8H2,(H,12,13). The van der Waals surface area contributed by atoms with E-state index in [-0.39, 0.29) is 16.5 Å². The lowest BCUT2D eigenvalue weighted by atomic mass is 10.4. The fourth-order valence-corrected chi connectivity index (χ4v) is 1.41. The summed E-state index contributed by atoms with van der Waals surface area (Å²) >= 11 is 1.01. The first kappa shape index (κ1) is 11.9. The second kappa shape index (κ2) is 5.07. The van der Waals surface area contributed by atoms with Gasteiger partial charge in [0, 0.05) is 5.38 Å². The highest BCUT2D eigenvalue weighted by molar-refractivity contribution is 7.13. The van der Waals surface area contributed by atoms with Crippen molar-refractivity contribution in [1.82, 2.24) is 10.7 Å². The zero-order valence-corrected chi connectivity index (χ0v) is 8.65. The normalized spacial score (nSPS) is 11.1.